The molecule has 0 spiro atoms. The average molecular weight is 248 g/mol. The third-order valence-corrected chi connectivity index (χ3v) is 3.76. The molecule has 2 rings (SSSR count). The van der Waals surface area contributed by atoms with Gasteiger partial charge in [-0.15, -0.1) is 0 Å². The van der Waals surface area contributed by atoms with Gasteiger partial charge in [-0.05, 0) is 44.1 Å². The molecule has 3 heteroatoms. The van der Waals surface area contributed by atoms with E-state index in [4.69, 9.17) is 4.74 Å². The molecule has 0 aliphatic carbocycles. The highest BCUT2D eigenvalue weighted by atomic mass is 16.5. The first kappa shape index (κ1) is 13.4. The van der Waals surface area contributed by atoms with Crippen LogP contribution in [0.1, 0.15) is 24.8 Å². The molecule has 0 radical (unpaired) electrons. The predicted molar refractivity (Wildman–Crippen MR) is 75.0 cm³/mol. The van der Waals surface area contributed by atoms with Crippen LogP contribution >= 0.6 is 0 Å². The van der Waals surface area contributed by atoms with Gasteiger partial charge in [0.2, 0.25) is 0 Å². The molecule has 1 unspecified atom stereocenters. The van der Waals surface area contributed by atoms with Gasteiger partial charge in [0.15, 0.2) is 0 Å². The minimum atomic E-state index is 0.698. The SMILES string of the molecule is COc1cccc(CNCC2CCCCN2C)c1. The van der Waals surface area contributed by atoms with Crippen molar-refractivity contribution in [3.05, 3.63) is 29.8 Å². The molecule has 1 saturated heterocycles. The van der Waals surface area contributed by atoms with Crippen LogP contribution in [0.5, 0.6) is 5.75 Å². The maximum atomic E-state index is 5.23. The number of nitrogens with one attached hydrogen (secondary N) is 1. The highest BCUT2D eigenvalue weighted by molar-refractivity contribution is 5.28. The van der Waals surface area contributed by atoms with E-state index in [1.807, 2.05) is 12.1 Å². The summed E-state index contributed by atoms with van der Waals surface area (Å²) in [5, 5.41) is 3.56. The van der Waals surface area contributed by atoms with Crippen molar-refractivity contribution in [2.45, 2.75) is 31.8 Å². The van der Waals surface area contributed by atoms with Gasteiger partial charge in [-0.1, -0.05) is 18.6 Å². The van der Waals surface area contributed by atoms with Gasteiger partial charge >= 0.3 is 0 Å². The lowest BCUT2D eigenvalue weighted by atomic mass is 10.0. The van der Waals surface area contributed by atoms with Crippen molar-refractivity contribution in [3.8, 4) is 5.75 Å². The van der Waals surface area contributed by atoms with E-state index >= 15 is 0 Å². The number of likely N-dealkylation sites (N-methyl/N-ethyl adjacent to an activating group) is 1. The summed E-state index contributed by atoms with van der Waals surface area (Å²) in [6.45, 7) is 3.24. The number of rotatable bonds is 5. The molecular weight excluding hydrogens is 224 g/mol. The molecule has 1 aromatic carbocycles. The van der Waals surface area contributed by atoms with Crippen LogP contribution in [0.25, 0.3) is 0 Å². The first-order valence-corrected chi connectivity index (χ1v) is 6.83. The van der Waals surface area contributed by atoms with E-state index in [9.17, 15) is 0 Å². The third-order valence-electron chi connectivity index (χ3n) is 3.76. The molecule has 1 fully saturated rings. The van der Waals surface area contributed by atoms with Crippen molar-refractivity contribution in [1.29, 1.82) is 0 Å². The predicted octanol–water partition coefficient (Wildman–Crippen LogP) is 2.27. The molecule has 18 heavy (non-hydrogen) atoms. The van der Waals surface area contributed by atoms with Crippen molar-refractivity contribution >= 4 is 0 Å². The van der Waals surface area contributed by atoms with E-state index in [0.717, 1.165) is 18.8 Å². The first-order chi connectivity index (χ1) is 8.79. The van der Waals surface area contributed by atoms with Gasteiger partial charge in [0.05, 0.1) is 7.11 Å². The summed E-state index contributed by atoms with van der Waals surface area (Å²) in [5.74, 6) is 0.934. The zero-order chi connectivity index (χ0) is 12.8. The Labute approximate surface area is 110 Å². The second kappa shape index (κ2) is 6.76. The van der Waals surface area contributed by atoms with Crippen molar-refractivity contribution in [2.24, 2.45) is 0 Å². The standard InChI is InChI=1S/C15H24N2O/c1-17-9-4-3-7-14(17)12-16-11-13-6-5-8-15(10-13)18-2/h5-6,8,10,14,16H,3-4,7,9,11-12H2,1-2H3. The summed E-state index contributed by atoms with van der Waals surface area (Å²) in [4.78, 5) is 2.47. The van der Waals surface area contributed by atoms with E-state index in [2.05, 4.69) is 29.4 Å². The Kier molecular flexibility index (Phi) is 5.02. The number of likely N-dealkylation sites (tertiary alicyclic amines) is 1. The Morgan fingerprint density at radius 3 is 3.06 bits per heavy atom. The topological polar surface area (TPSA) is 24.5 Å². The zero-order valence-electron chi connectivity index (χ0n) is 11.5. The summed E-state index contributed by atoms with van der Waals surface area (Å²) < 4.78 is 5.23. The quantitative estimate of drug-likeness (QED) is 0.865. The highest BCUT2D eigenvalue weighted by Gasteiger charge is 2.17. The maximum absolute atomic E-state index is 5.23. The molecule has 100 valence electrons. The number of nitrogens with zero attached hydrogens (tertiary/aromatic N) is 1. The molecule has 3 nitrogen and oxygen atoms in total. The largest absolute Gasteiger partial charge is 0.497 e. The van der Waals surface area contributed by atoms with E-state index in [1.54, 1.807) is 7.11 Å². The molecule has 1 aliphatic heterocycles. The highest BCUT2D eigenvalue weighted by Crippen LogP contribution is 2.15. The average Bonchev–Trinajstić information content (AvgIpc) is 2.41. The Balaban J connectivity index is 1.77. The van der Waals surface area contributed by atoms with Crippen LogP contribution in [-0.4, -0.2) is 38.2 Å². The maximum Gasteiger partial charge on any atom is 0.119 e. The van der Waals surface area contributed by atoms with Gasteiger partial charge in [-0.25, -0.2) is 0 Å². The van der Waals surface area contributed by atoms with Crippen LogP contribution < -0.4 is 10.1 Å². The summed E-state index contributed by atoms with van der Waals surface area (Å²) in [6, 6.07) is 8.96. The monoisotopic (exact) mass is 248 g/mol. The van der Waals surface area contributed by atoms with Crippen molar-refractivity contribution < 1.29 is 4.74 Å². The van der Waals surface area contributed by atoms with Gasteiger partial charge in [-0.3, -0.25) is 0 Å². The van der Waals surface area contributed by atoms with Gasteiger partial charge in [0.1, 0.15) is 5.75 Å². The lowest BCUT2D eigenvalue weighted by molar-refractivity contribution is 0.181. The molecule has 0 amide bonds. The van der Waals surface area contributed by atoms with Crippen molar-refractivity contribution in [1.82, 2.24) is 10.2 Å². The van der Waals surface area contributed by atoms with Crippen LogP contribution in [0.3, 0.4) is 0 Å². The Bertz CT molecular complexity index is 367. The van der Waals surface area contributed by atoms with Crippen molar-refractivity contribution in [3.63, 3.8) is 0 Å². The summed E-state index contributed by atoms with van der Waals surface area (Å²) in [5.41, 5.74) is 1.29. The summed E-state index contributed by atoms with van der Waals surface area (Å²) >= 11 is 0. The second-order valence-corrected chi connectivity index (χ2v) is 5.11. The Morgan fingerprint density at radius 1 is 1.39 bits per heavy atom. The molecule has 1 N–H and O–H groups in total. The fourth-order valence-corrected chi connectivity index (χ4v) is 2.57. The molecule has 1 atom stereocenters. The lowest BCUT2D eigenvalue weighted by Gasteiger charge is -2.32. The first-order valence-electron chi connectivity index (χ1n) is 6.83. The van der Waals surface area contributed by atoms with Crippen LogP contribution in [0, 0.1) is 0 Å². The number of ether oxygens (including phenoxy) is 1. The van der Waals surface area contributed by atoms with Crippen LogP contribution in [0.4, 0.5) is 0 Å². The number of benzene rings is 1. The van der Waals surface area contributed by atoms with Gasteiger partial charge < -0.3 is 15.0 Å². The third kappa shape index (κ3) is 3.72. The molecule has 1 aliphatic rings. The second-order valence-electron chi connectivity index (χ2n) is 5.11. The fraction of sp³-hybridized carbons (Fsp3) is 0.600. The Hall–Kier alpha value is -1.06. The van der Waals surface area contributed by atoms with Crippen LogP contribution in [0.15, 0.2) is 24.3 Å². The molecule has 1 aromatic rings. The van der Waals surface area contributed by atoms with Gasteiger partial charge in [0.25, 0.3) is 0 Å². The number of methoxy groups -OCH3 is 1. The summed E-state index contributed by atoms with van der Waals surface area (Å²) in [7, 11) is 3.95. The van der Waals surface area contributed by atoms with E-state index in [0.29, 0.717) is 6.04 Å². The minimum absolute atomic E-state index is 0.698. The summed E-state index contributed by atoms with van der Waals surface area (Å²) in [6.07, 6.45) is 4.04. The smallest absolute Gasteiger partial charge is 0.119 e. The normalized spacial score (nSPS) is 20.9. The Morgan fingerprint density at radius 2 is 2.28 bits per heavy atom. The van der Waals surface area contributed by atoms with Gasteiger partial charge in [-0.2, -0.15) is 0 Å². The van der Waals surface area contributed by atoms with E-state index in [-0.39, 0.29) is 0 Å². The van der Waals surface area contributed by atoms with Crippen LogP contribution in [0.2, 0.25) is 0 Å². The van der Waals surface area contributed by atoms with E-state index in [1.165, 1.54) is 31.4 Å². The molecule has 0 saturated carbocycles. The molecular formula is C15H24N2O. The number of hydrogen-bond acceptors (Lipinski definition) is 3. The molecule has 1 heterocycles. The van der Waals surface area contributed by atoms with Crippen molar-refractivity contribution in [2.75, 3.05) is 27.2 Å². The number of hydrogen-bond donors (Lipinski definition) is 1. The van der Waals surface area contributed by atoms with E-state index < -0.39 is 0 Å². The zero-order valence-corrected chi connectivity index (χ0v) is 11.5. The fourth-order valence-electron chi connectivity index (χ4n) is 2.57. The number of piperidine rings is 1. The lowest BCUT2D eigenvalue weighted by Crippen LogP contribution is -2.42. The molecule has 0 aromatic heterocycles. The van der Waals surface area contributed by atoms with Gasteiger partial charge in [0, 0.05) is 19.1 Å². The minimum Gasteiger partial charge on any atom is -0.497 e. The van der Waals surface area contributed by atoms with Crippen LogP contribution in [-0.2, 0) is 6.54 Å². The molecule has 0 bridgehead atoms.